The van der Waals surface area contributed by atoms with Gasteiger partial charge < -0.3 is 19.3 Å². The van der Waals surface area contributed by atoms with E-state index in [-0.39, 0.29) is 31.3 Å². The largest absolute Gasteiger partial charge is 0.479 e. The maximum absolute atomic E-state index is 12.4. The van der Waals surface area contributed by atoms with Gasteiger partial charge in [-0.25, -0.2) is 4.79 Å². The molecule has 1 amide bonds. The van der Waals surface area contributed by atoms with E-state index in [9.17, 15) is 19.7 Å². The van der Waals surface area contributed by atoms with Gasteiger partial charge in [0, 0.05) is 35.8 Å². The summed E-state index contributed by atoms with van der Waals surface area (Å²) in [6.45, 7) is 0.571. The molecule has 9 heteroatoms. The topological polar surface area (TPSA) is 115 Å². The summed E-state index contributed by atoms with van der Waals surface area (Å²) in [6, 6.07) is 6.14. The third-order valence-corrected chi connectivity index (χ3v) is 3.97. The number of aromatic nitrogens is 1. The normalized spacial score (nSPS) is 17.8. The van der Waals surface area contributed by atoms with E-state index in [0.717, 1.165) is 0 Å². The summed E-state index contributed by atoms with van der Waals surface area (Å²) < 4.78 is 6.78. The van der Waals surface area contributed by atoms with E-state index in [0.29, 0.717) is 17.4 Å². The van der Waals surface area contributed by atoms with Crippen LogP contribution in [-0.2, 0) is 20.9 Å². The van der Waals surface area contributed by atoms with Crippen LogP contribution in [0.5, 0.6) is 0 Å². The first-order chi connectivity index (χ1) is 11.5. The molecular formula is C15H15N3O6. The van der Waals surface area contributed by atoms with Crippen molar-refractivity contribution in [3.8, 4) is 0 Å². The Bertz CT molecular complexity index is 815. The molecule has 1 aliphatic heterocycles. The molecule has 9 nitrogen and oxygen atoms in total. The van der Waals surface area contributed by atoms with Crippen molar-refractivity contribution < 1.29 is 24.4 Å². The molecule has 0 radical (unpaired) electrons. The van der Waals surface area contributed by atoms with Crippen LogP contribution in [0.25, 0.3) is 10.9 Å². The van der Waals surface area contributed by atoms with Crippen molar-refractivity contribution in [3.63, 3.8) is 0 Å². The van der Waals surface area contributed by atoms with Gasteiger partial charge in [0.25, 0.3) is 5.69 Å². The number of benzene rings is 1. The summed E-state index contributed by atoms with van der Waals surface area (Å²) in [5.41, 5.74) is 0.695. The predicted octanol–water partition coefficient (Wildman–Crippen LogP) is 0.861. The number of carboxylic acids is 1. The summed E-state index contributed by atoms with van der Waals surface area (Å²) in [5.74, 6) is -1.31. The summed E-state index contributed by atoms with van der Waals surface area (Å²) in [6.07, 6.45) is 0.674. The van der Waals surface area contributed by atoms with Crippen LogP contribution in [0.15, 0.2) is 30.5 Å². The summed E-state index contributed by atoms with van der Waals surface area (Å²) in [7, 11) is 0. The van der Waals surface area contributed by atoms with E-state index in [1.807, 2.05) is 0 Å². The number of carboxylic acid groups (broad SMARTS) is 1. The van der Waals surface area contributed by atoms with Gasteiger partial charge in [-0.1, -0.05) is 0 Å². The number of aliphatic carboxylic acids is 1. The van der Waals surface area contributed by atoms with Gasteiger partial charge in [0.15, 0.2) is 6.10 Å². The molecule has 2 aromatic rings. The number of nitro benzene ring substituents is 1. The number of nitrogens with zero attached hydrogens (tertiary/aromatic N) is 3. The average molecular weight is 333 g/mol. The summed E-state index contributed by atoms with van der Waals surface area (Å²) in [5, 5.41) is 20.5. The third-order valence-electron chi connectivity index (χ3n) is 3.97. The number of hydrogen-bond donors (Lipinski definition) is 1. The Morgan fingerprint density at radius 3 is 2.88 bits per heavy atom. The van der Waals surface area contributed by atoms with Gasteiger partial charge in [0.05, 0.1) is 18.1 Å². The zero-order chi connectivity index (χ0) is 17.3. The van der Waals surface area contributed by atoms with Crippen LogP contribution in [0, 0.1) is 10.1 Å². The number of amides is 1. The highest BCUT2D eigenvalue weighted by molar-refractivity contribution is 5.85. The molecule has 1 aromatic heterocycles. The average Bonchev–Trinajstić information content (AvgIpc) is 2.97. The second-order valence-corrected chi connectivity index (χ2v) is 5.48. The monoisotopic (exact) mass is 333 g/mol. The van der Waals surface area contributed by atoms with Crippen molar-refractivity contribution in [1.82, 2.24) is 9.47 Å². The number of carbonyl (C=O) groups excluding carboxylic acids is 1. The Labute approximate surface area is 136 Å². The lowest BCUT2D eigenvalue weighted by Crippen LogP contribution is -2.49. The molecule has 1 N–H and O–H groups in total. The van der Waals surface area contributed by atoms with Crippen LogP contribution in [0.3, 0.4) is 0 Å². The Morgan fingerprint density at radius 2 is 2.17 bits per heavy atom. The molecule has 1 aromatic carbocycles. The lowest BCUT2D eigenvalue weighted by Gasteiger charge is -2.31. The molecule has 1 saturated heterocycles. The number of morpholine rings is 1. The van der Waals surface area contributed by atoms with Gasteiger partial charge in [-0.2, -0.15) is 0 Å². The van der Waals surface area contributed by atoms with Crippen LogP contribution >= 0.6 is 0 Å². The highest BCUT2D eigenvalue weighted by Gasteiger charge is 2.29. The molecule has 2 heterocycles. The van der Waals surface area contributed by atoms with Crippen LogP contribution < -0.4 is 0 Å². The van der Waals surface area contributed by atoms with Crippen LogP contribution in [0.1, 0.15) is 0 Å². The van der Waals surface area contributed by atoms with Crippen molar-refractivity contribution in [2.24, 2.45) is 0 Å². The standard InChI is InChI=1S/C15H15N3O6/c19-14(17-5-6-24-13(8-17)15(20)21)9-16-4-3-10-7-11(18(22)23)1-2-12(10)16/h1-4,7,13H,5-6,8-9H2,(H,20,21). The third kappa shape index (κ3) is 3.06. The number of rotatable bonds is 4. The van der Waals surface area contributed by atoms with E-state index in [1.54, 1.807) is 22.9 Å². The second kappa shape index (κ2) is 6.28. The van der Waals surface area contributed by atoms with Crippen LogP contribution in [0.4, 0.5) is 5.69 Å². The molecule has 0 bridgehead atoms. The molecule has 1 unspecified atom stereocenters. The molecule has 1 fully saturated rings. The number of carbonyl (C=O) groups is 2. The summed E-state index contributed by atoms with van der Waals surface area (Å²) in [4.78, 5) is 35.2. The van der Waals surface area contributed by atoms with Gasteiger partial charge in [-0.15, -0.1) is 0 Å². The van der Waals surface area contributed by atoms with Gasteiger partial charge in [-0.3, -0.25) is 14.9 Å². The maximum atomic E-state index is 12.4. The highest BCUT2D eigenvalue weighted by atomic mass is 16.6. The Morgan fingerprint density at radius 1 is 1.38 bits per heavy atom. The van der Waals surface area contributed by atoms with E-state index in [1.165, 1.54) is 17.0 Å². The lowest BCUT2D eigenvalue weighted by atomic mass is 10.2. The van der Waals surface area contributed by atoms with Crippen LogP contribution in [-0.4, -0.2) is 57.2 Å². The van der Waals surface area contributed by atoms with Crippen molar-refractivity contribution in [2.45, 2.75) is 12.6 Å². The van der Waals surface area contributed by atoms with Gasteiger partial charge >= 0.3 is 5.97 Å². The van der Waals surface area contributed by atoms with Gasteiger partial charge in [0.1, 0.15) is 6.54 Å². The summed E-state index contributed by atoms with van der Waals surface area (Å²) >= 11 is 0. The number of nitro groups is 1. The smallest absolute Gasteiger partial charge is 0.334 e. The molecule has 1 aliphatic rings. The fourth-order valence-electron chi connectivity index (χ4n) is 2.71. The number of ether oxygens (including phenoxy) is 1. The van der Waals surface area contributed by atoms with E-state index < -0.39 is 17.0 Å². The Balaban J connectivity index is 1.76. The Hall–Kier alpha value is -2.94. The van der Waals surface area contributed by atoms with Crippen molar-refractivity contribution in [2.75, 3.05) is 19.7 Å². The highest BCUT2D eigenvalue weighted by Crippen LogP contribution is 2.22. The molecule has 3 rings (SSSR count). The van der Waals surface area contributed by atoms with E-state index >= 15 is 0 Å². The van der Waals surface area contributed by atoms with E-state index in [4.69, 9.17) is 9.84 Å². The zero-order valence-corrected chi connectivity index (χ0v) is 12.6. The second-order valence-electron chi connectivity index (χ2n) is 5.48. The molecule has 24 heavy (non-hydrogen) atoms. The minimum Gasteiger partial charge on any atom is -0.479 e. The molecule has 1 atom stereocenters. The van der Waals surface area contributed by atoms with Gasteiger partial charge in [0.2, 0.25) is 5.91 Å². The molecular weight excluding hydrogens is 318 g/mol. The first-order valence-corrected chi connectivity index (χ1v) is 7.31. The first kappa shape index (κ1) is 15.9. The Kier molecular flexibility index (Phi) is 4.17. The van der Waals surface area contributed by atoms with Crippen molar-refractivity contribution >= 4 is 28.5 Å². The minimum atomic E-state index is -1.09. The quantitative estimate of drug-likeness (QED) is 0.655. The van der Waals surface area contributed by atoms with E-state index in [2.05, 4.69) is 0 Å². The number of non-ortho nitro benzene ring substituents is 1. The predicted molar refractivity (Wildman–Crippen MR) is 82.5 cm³/mol. The van der Waals surface area contributed by atoms with Gasteiger partial charge in [-0.05, 0) is 12.1 Å². The van der Waals surface area contributed by atoms with Crippen molar-refractivity contribution in [3.05, 3.63) is 40.6 Å². The van der Waals surface area contributed by atoms with Crippen molar-refractivity contribution in [1.29, 1.82) is 0 Å². The molecule has 0 aliphatic carbocycles. The lowest BCUT2D eigenvalue weighted by molar-refractivity contribution is -0.384. The first-order valence-electron chi connectivity index (χ1n) is 7.31. The van der Waals surface area contributed by atoms with Crippen LogP contribution in [0.2, 0.25) is 0 Å². The number of fused-ring (bicyclic) bond motifs is 1. The fraction of sp³-hybridized carbons (Fsp3) is 0.333. The molecule has 126 valence electrons. The number of hydrogen-bond acceptors (Lipinski definition) is 5. The maximum Gasteiger partial charge on any atom is 0.334 e. The minimum absolute atomic E-state index is 0.0101. The molecule has 0 saturated carbocycles. The zero-order valence-electron chi connectivity index (χ0n) is 12.6. The fourth-order valence-corrected chi connectivity index (χ4v) is 2.71. The molecule has 0 spiro atoms. The SMILES string of the molecule is O=C(O)C1CN(C(=O)Cn2ccc3cc([N+](=O)[O-])ccc32)CCO1.